The van der Waals surface area contributed by atoms with Crippen LogP contribution >= 0.6 is 0 Å². The number of hydrogen-bond donors (Lipinski definition) is 6. The zero-order valence-electron chi connectivity index (χ0n) is 39.1. The molecule has 0 aliphatic heterocycles. The van der Waals surface area contributed by atoms with Crippen LogP contribution in [-0.2, 0) is 50.0 Å². The number of primary amides is 1. The van der Waals surface area contributed by atoms with Gasteiger partial charge in [-0.05, 0) is 67.7 Å². The highest BCUT2D eigenvalue weighted by Gasteiger charge is 2.31. The van der Waals surface area contributed by atoms with Gasteiger partial charge in [-0.2, -0.15) is 5.10 Å². The Morgan fingerprint density at radius 3 is 2.37 bits per heavy atom. The van der Waals surface area contributed by atoms with Crippen LogP contribution in [0.25, 0.3) is 22.4 Å². The first-order valence-corrected chi connectivity index (χ1v) is 23.2. The van der Waals surface area contributed by atoms with Crippen molar-refractivity contribution in [1.82, 2.24) is 44.8 Å². The topological polar surface area (TPSA) is 291 Å². The summed E-state index contributed by atoms with van der Waals surface area (Å²) in [6.07, 6.45) is 5.12. The van der Waals surface area contributed by atoms with E-state index in [4.69, 9.17) is 31.8 Å². The van der Waals surface area contributed by atoms with Crippen LogP contribution < -0.4 is 33.5 Å². The molecule has 6 rings (SSSR count). The van der Waals surface area contributed by atoms with E-state index < -0.39 is 24.1 Å². The van der Waals surface area contributed by atoms with E-state index in [-0.39, 0.29) is 86.4 Å². The number of nitrogens with two attached hydrogens (primary N) is 3. The first-order chi connectivity index (χ1) is 32.7. The third-order valence-electron chi connectivity index (χ3n) is 12.1. The Labute approximate surface area is 394 Å². The molecule has 1 saturated carbocycles. The second-order valence-corrected chi connectivity index (χ2v) is 17.6. The van der Waals surface area contributed by atoms with Crippen molar-refractivity contribution in [1.29, 1.82) is 0 Å². The number of fused-ring (bicyclic) bond motifs is 1. The van der Waals surface area contributed by atoms with Gasteiger partial charge >= 0.3 is 17.8 Å². The minimum Gasteiger partial charge on any atom is -0.445 e. The van der Waals surface area contributed by atoms with E-state index >= 15 is 0 Å². The van der Waals surface area contributed by atoms with Crippen LogP contribution in [0, 0.1) is 18.8 Å². The second-order valence-electron chi connectivity index (χ2n) is 17.6. The molecule has 4 amide bonds. The van der Waals surface area contributed by atoms with Crippen LogP contribution in [0.5, 0.6) is 0 Å². The summed E-state index contributed by atoms with van der Waals surface area (Å²) >= 11 is 0. The molecule has 0 saturated heterocycles. The molecule has 5 aromatic rings. The molecule has 1 aliphatic carbocycles. The van der Waals surface area contributed by atoms with Crippen molar-refractivity contribution in [3.63, 3.8) is 0 Å². The molecule has 3 aromatic heterocycles. The maximum Gasteiger partial charge on any atom is 0.410 e. The minimum absolute atomic E-state index is 0.0153. The Kier molecular flexibility index (Phi) is 18.0. The molecular formula is C48H64N12O8. The summed E-state index contributed by atoms with van der Waals surface area (Å²) < 4.78 is 14.5. The molecule has 0 bridgehead atoms. The monoisotopic (exact) mass is 936 g/mol. The van der Waals surface area contributed by atoms with Gasteiger partial charge in [0, 0.05) is 62.6 Å². The fourth-order valence-electron chi connectivity index (χ4n) is 8.01. The molecule has 68 heavy (non-hydrogen) atoms. The number of nitrogens with zero attached hydrogens (tertiary/aromatic N) is 6. The number of ketones is 2. The number of ether oxygens (including phenoxy) is 2. The number of urea groups is 1. The average Bonchev–Trinajstić information content (AvgIpc) is 3.89. The normalized spacial score (nSPS) is 13.5. The minimum atomic E-state index is -0.863. The summed E-state index contributed by atoms with van der Waals surface area (Å²) in [7, 11) is 0. The fourth-order valence-corrected chi connectivity index (χ4v) is 8.01. The zero-order chi connectivity index (χ0) is 48.7. The van der Waals surface area contributed by atoms with Crippen LogP contribution in [0.4, 0.5) is 15.4 Å². The second kappa shape index (κ2) is 24.2. The Morgan fingerprint density at radius 2 is 1.69 bits per heavy atom. The number of imidazole rings is 1. The van der Waals surface area contributed by atoms with E-state index in [1.54, 1.807) is 40.8 Å². The Balaban J connectivity index is 1.00. The number of nitrogens with one attached hydrogen (secondary N) is 3. The summed E-state index contributed by atoms with van der Waals surface area (Å²) in [5.74, 6) is -0.839. The van der Waals surface area contributed by atoms with Gasteiger partial charge in [0.15, 0.2) is 17.2 Å². The number of aromatic nitrogens is 6. The van der Waals surface area contributed by atoms with Gasteiger partial charge in [0.25, 0.3) is 0 Å². The maximum absolute atomic E-state index is 13.7. The number of benzene rings is 2. The van der Waals surface area contributed by atoms with E-state index in [0.29, 0.717) is 61.8 Å². The predicted octanol–water partition coefficient (Wildman–Crippen LogP) is 3.76. The highest BCUT2D eigenvalue weighted by molar-refractivity contribution is 5.93. The van der Waals surface area contributed by atoms with Crippen LogP contribution in [-0.4, -0.2) is 109 Å². The highest BCUT2D eigenvalue weighted by Crippen LogP contribution is 2.26. The summed E-state index contributed by atoms with van der Waals surface area (Å²) in [6.45, 7) is 7.79. The van der Waals surface area contributed by atoms with Gasteiger partial charge in [0.05, 0.1) is 38.0 Å². The van der Waals surface area contributed by atoms with Crippen molar-refractivity contribution >= 4 is 46.6 Å². The largest absolute Gasteiger partial charge is 0.445 e. The Morgan fingerprint density at radius 1 is 0.971 bits per heavy atom. The van der Waals surface area contributed by atoms with E-state index in [0.717, 1.165) is 41.6 Å². The predicted molar refractivity (Wildman–Crippen MR) is 255 cm³/mol. The van der Waals surface area contributed by atoms with Gasteiger partial charge in [-0.15, -0.1) is 0 Å². The smallest absolute Gasteiger partial charge is 0.410 e. The van der Waals surface area contributed by atoms with Crippen LogP contribution in [0.1, 0.15) is 81.3 Å². The molecule has 0 spiro atoms. The molecule has 0 unspecified atom stereocenters. The molecule has 364 valence electrons. The van der Waals surface area contributed by atoms with Gasteiger partial charge in [0.1, 0.15) is 23.7 Å². The molecule has 20 nitrogen and oxygen atoms in total. The van der Waals surface area contributed by atoms with Crippen LogP contribution in [0.3, 0.4) is 0 Å². The first-order valence-electron chi connectivity index (χ1n) is 23.2. The summed E-state index contributed by atoms with van der Waals surface area (Å²) in [5, 5.41) is 10.2. The van der Waals surface area contributed by atoms with Gasteiger partial charge in [-0.25, -0.2) is 24.4 Å². The van der Waals surface area contributed by atoms with Crippen LogP contribution in [0.15, 0.2) is 65.6 Å². The summed E-state index contributed by atoms with van der Waals surface area (Å²) in [5.41, 5.74) is 21.2. The van der Waals surface area contributed by atoms with Gasteiger partial charge < -0.3 is 47.2 Å². The number of H-pyrrole nitrogens is 1. The lowest BCUT2D eigenvalue weighted by Gasteiger charge is -2.36. The number of aromatic amines is 1. The van der Waals surface area contributed by atoms with E-state index in [2.05, 4.69) is 25.6 Å². The maximum atomic E-state index is 13.7. The third-order valence-corrected chi connectivity index (χ3v) is 12.1. The molecule has 3 heterocycles. The van der Waals surface area contributed by atoms with Gasteiger partial charge in [-0.3, -0.25) is 23.6 Å². The molecule has 9 N–H and O–H groups in total. The quantitative estimate of drug-likeness (QED) is 0.0431. The number of amides is 4. The summed E-state index contributed by atoms with van der Waals surface area (Å²) in [4.78, 5) is 90.5. The van der Waals surface area contributed by atoms with Crippen molar-refractivity contribution in [2.24, 2.45) is 23.3 Å². The third kappa shape index (κ3) is 14.0. The number of Topliss-reactive ketones (excluding diaryl/α,β-unsaturated/α-hetero) is 2. The molecule has 2 aromatic carbocycles. The van der Waals surface area contributed by atoms with Gasteiger partial charge in [-0.1, -0.05) is 62.4 Å². The number of hydrogen-bond acceptors (Lipinski definition) is 13. The van der Waals surface area contributed by atoms with Crippen molar-refractivity contribution in [3.05, 3.63) is 93.8 Å². The molecule has 1 aliphatic rings. The lowest BCUT2D eigenvalue weighted by atomic mass is 9.88. The zero-order valence-corrected chi connectivity index (χ0v) is 39.1. The number of carbonyl (C=O) groups is 5. The molecule has 0 radical (unpaired) electrons. The fraction of sp³-hybridized carbons (Fsp3) is 0.479. The first kappa shape index (κ1) is 50.5. The molecule has 2 atom stereocenters. The molecule has 20 heteroatoms. The number of aryl methyl sites for hydroxylation is 1. The van der Waals surface area contributed by atoms with E-state index in [9.17, 15) is 28.8 Å². The lowest BCUT2D eigenvalue weighted by Crippen LogP contribution is -2.46. The Bertz CT molecular complexity index is 2570. The highest BCUT2D eigenvalue weighted by atomic mass is 16.6. The number of nitrogen functional groups attached to an aromatic ring is 1. The Hall–Kier alpha value is -6.93. The van der Waals surface area contributed by atoms with Crippen molar-refractivity contribution in [3.8, 4) is 11.3 Å². The van der Waals surface area contributed by atoms with Gasteiger partial charge in [0.2, 0.25) is 5.91 Å². The molecule has 1 fully saturated rings. The number of carbonyl (C=O) groups excluding carboxylic acids is 5. The standard InChI is InChI=1S/C48H64N12O8/c1-30(2)38(27-37(61)18-24-67-25-19-49)45(63)55-40(8-5-20-52-46(51)64)41(62)26-32-9-11-34(12-10-32)29-68-48(66)59(36-6-4-7-36)23-22-58-21-17-39(57-58)35-15-13-33(14-16-35)28-60-44-42(56-47(60)65)43(50)53-31(3)54-44/h9-17,21,30,36,38,40H,4-8,18-20,22-29,49H2,1-3H3,(H,55,63)(H,56,65)(H2,50,53,54)(H3,51,52,64)/t38-,40-/m0/s1. The van der Waals surface area contributed by atoms with Crippen molar-refractivity contribution in [2.45, 2.75) is 104 Å². The number of anilines is 1. The summed E-state index contributed by atoms with van der Waals surface area (Å²) in [6, 6.07) is 15.4. The SMILES string of the molecule is Cc1nc(N)c2[nH]c(=O)n(Cc3ccc(-c4ccn(CCN(C(=O)OCc5ccc(CC(=O)[C@H](CCCNC(N)=O)NC(=O)[C@@H](CC(=O)CCOCCN)C(C)C)cc5)C5CCC5)n4)cc3)c2n1. The van der Waals surface area contributed by atoms with Crippen LogP contribution in [0.2, 0.25) is 0 Å². The van der Waals surface area contributed by atoms with E-state index in [1.807, 2.05) is 50.4 Å². The van der Waals surface area contributed by atoms with E-state index in [1.165, 1.54) is 4.57 Å². The molecular weight excluding hydrogens is 873 g/mol. The lowest BCUT2D eigenvalue weighted by molar-refractivity contribution is -0.133. The van der Waals surface area contributed by atoms with Crippen molar-refractivity contribution < 1.29 is 33.4 Å². The number of rotatable bonds is 26. The average molecular weight is 937 g/mol. The van der Waals surface area contributed by atoms with Crippen molar-refractivity contribution in [2.75, 3.05) is 38.6 Å².